The number of hydrogen-bond acceptors (Lipinski definition) is 3. The Morgan fingerprint density at radius 1 is 1.56 bits per heavy atom. The summed E-state index contributed by atoms with van der Waals surface area (Å²) >= 11 is 5.96. The Hall–Kier alpha value is -1.10. The number of nitrogens with zero attached hydrogens (tertiary/aromatic N) is 1. The summed E-state index contributed by atoms with van der Waals surface area (Å²) < 4.78 is 0. The second-order valence-electron chi connectivity index (χ2n) is 4.71. The topological polar surface area (TPSA) is 58.4 Å². The van der Waals surface area contributed by atoms with Crippen LogP contribution in [0, 0.1) is 5.92 Å². The third-order valence-electron chi connectivity index (χ3n) is 3.31. The van der Waals surface area contributed by atoms with Crippen LogP contribution in [0.5, 0.6) is 0 Å². The van der Waals surface area contributed by atoms with E-state index >= 15 is 0 Å². The molecule has 1 saturated heterocycles. The second kappa shape index (κ2) is 6.18. The highest BCUT2D eigenvalue weighted by molar-refractivity contribution is 6.30. The lowest BCUT2D eigenvalue weighted by Crippen LogP contribution is -2.44. The number of carbonyl (C=O) groups is 1. The van der Waals surface area contributed by atoms with Crippen molar-refractivity contribution in [3.05, 3.63) is 34.9 Å². The molecule has 1 aliphatic rings. The van der Waals surface area contributed by atoms with Crippen molar-refractivity contribution in [2.45, 2.75) is 19.4 Å². The van der Waals surface area contributed by atoms with Crippen molar-refractivity contribution in [1.29, 1.82) is 0 Å². The first-order valence-corrected chi connectivity index (χ1v) is 6.54. The SMILES string of the molecule is NNC(=O)[C@H]1CCCN(Cc2cccc(Cl)c2)C1. The summed E-state index contributed by atoms with van der Waals surface area (Å²) in [6.07, 6.45) is 1.94. The maximum Gasteiger partial charge on any atom is 0.238 e. The Balaban J connectivity index is 1.95. The van der Waals surface area contributed by atoms with Crippen molar-refractivity contribution in [1.82, 2.24) is 10.3 Å². The molecule has 1 aliphatic heterocycles. The molecule has 0 aliphatic carbocycles. The van der Waals surface area contributed by atoms with Crippen molar-refractivity contribution in [3.8, 4) is 0 Å². The van der Waals surface area contributed by atoms with Crippen LogP contribution in [0.25, 0.3) is 0 Å². The molecule has 1 atom stereocenters. The predicted octanol–water partition coefficient (Wildman–Crippen LogP) is 1.54. The third-order valence-corrected chi connectivity index (χ3v) is 3.55. The molecule has 0 radical (unpaired) electrons. The minimum atomic E-state index is -0.0641. The van der Waals surface area contributed by atoms with Crippen LogP contribution in [-0.4, -0.2) is 23.9 Å². The molecular formula is C13H18ClN3O. The molecule has 1 amide bonds. The number of nitrogens with two attached hydrogens (primary N) is 1. The monoisotopic (exact) mass is 267 g/mol. The summed E-state index contributed by atoms with van der Waals surface area (Å²) in [6.45, 7) is 2.60. The highest BCUT2D eigenvalue weighted by Gasteiger charge is 2.25. The van der Waals surface area contributed by atoms with E-state index in [0.717, 1.165) is 37.5 Å². The average molecular weight is 268 g/mol. The summed E-state index contributed by atoms with van der Waals surface area (Å²) in [5.41, 5.74) is 3.42. The molecular weight excluding hydrogens is 250 g/mol. The Kier molecular flexibility index (Phi) is 4.58. The molecule has 1 fully saturated rings. The van der Waals surface area contributed by atoms with Crippen LogP contribution < -0.4 is 11.3 Å². The number of halogens is 1. The standard InChI is InChI=1S/C13H18ClN3O/c14-12-5-1-3-10(7-12)8-17-6-2-4-11(9-17)13(18)16-15/h1,3,5,7,11H,2,4,6,8-9,15H2,(H,16,18)/t11-/m0/s1. The van der Waals surface area contributed by atoms with Crippen molar-refractivity contribution in [3.63, 3.8) is 0 Å². The maximum absolute atomic E-state index is 11.5. The largest absolute Gasteiger partial charge is 0.298 e. The average Bonchev–Trinajstić information content (AvgIpc) is 2.38. The molecule has 2 rings (SSSR count). The van der Waals surface area contributed by atoms with E-state index < -0.39 is 0 Å². The van der Waals surface area contributed by atoms with Crippen molar-refractivity contribution < 1.29 is 4.79 Å². The predicted molar refractivity (Wildman–Crippen MR) is 71.8 cm³/mol. The third kappa shape index (κ3) is 3.45. The molecule has 1 aromatic rings. The van der Waals surface area contributed by atoms with Gasteiger partial charge in [0.2, 0.25) is 5.91 Å². The first-order valence-electron chi connectivity index (χ1n) is 6.16. The zero-order chi connectivity index (χ0) is 13.0. The summed E-state index contributed by atoms with van der Waals surface area (Å²) in [6, 6.07) is 7.84. The fraction of sp³-hybridized carbons (Fsp3) is 0.462. The molecule has 98 valence electrons. The van der Waals surface area contributed by atoms with E-state index in [-0.39, 0.29) is 11.8 Å². The first-order chi connectivity index (χ1) is 8.69. The number of amides is 1. The number of likely N-dealkylation sites (tertiary alicyclic amines) is 1. The van der Waals surface area contributed by atoms with Gasteiger partial charge in [-0.2, -0.15) is 0 Å². The van der Waals surface area contributed by atoms with Gasteiger partial charge in [-0.15, -0.1) is 0 Å². The molecule has 0 saturated carbocycles. The Labute approximate surface area is 112 Å². The molecule has 0 aromatic heterocycles. The van der Waals surface area contributed by atoms with Gasteiger partial charge in [-0.3, -0.25) is 15.1 Å². The van der Waals surface area contributed by atoms with Gasteiger partial charge in [-0.05, 0) is 37.1 Å². The van der Waals surface area contributed by atoms with Gasteiger partial charge in [0.25, 0.3) is 0 Å². The summed E-state index contributed by atoms with van der Waals surface area (Å²) in [5, 5.41) is 0.751. The number of piperidine rings is 1. The second-order valence-corrected chi connectivity index (χ2v) is 5.15. The van der Waals surface area contributed by atoms with Gasteiger partial charge in [-0.25, -0.2) is 5.84 Å². The fourth-order valence-electron chi connectivity index (χ4n) is 2.42. The molecule has 5 heteroatoms. The van der Waals surface area contributed by atoms with Gasteiger partial charge in [0, 0.05) is 18.1 Å². The first kappa shape index (κ1) is 13.3. The molecule has 1 heterocycles. The molecule has 0 spiro atoms. The van der Waals surface area contributed by atoms with Crippen LogP contribution in [-0.2, 0) is 11.3 Å². The van der Waals surface area contributed by atoms with Gasteiger partial charge in [0.15, 0.2) is 0 Å². The number of hydrazine groups is 1. The lowest BCUT2D eigenvalue weighted by Gasteiger charge is -2.31. The number of nitrogens with one attached hydrogen (secondary N) is 1. The summed E-state index contributed by atoms with van der Waals surface area (Å²) in [7, 11) is 0. The van der Waals surface area contributed by atoms with E-state index in [4.69, 9.17) is 17.4 Å². The van der Waals surface area contributed by atoms with Crippen molar-refractivity contribution in [2.75, 3.05) is 13.1 Å². The van der Waals surface area contributed by atoms with Crippen LogP contribution >= 0.6 is 11.6 Å². The van der Waals surface area contributed by atoms with E-state index in [2.05, 4.69) is 16.4 Å². The van der Waals surface area contributed by atoms with Crippen LogP contribution in [0.3, 0.4) is 0 Å². The van der Waals surface area contributed by atoms with E-state index in [1.807, 2.05) is 18.2 Å². The van der Waals surface area contributed by atoms with E-state index in [9.17, 15) is 4.79 Å². The van der Waals surface area contributed by atoms with Gasteiger partial charge in [0.1, 0.15) is 0 Å². The minimum Gasteiger partial charge on any atom is -0.298 e. The van der Waals surface area contributed by atoms with Crippen molar-refractivity contribution in [2.24, 2.45) is 11.8 Å². The fourth-order valence-corrected chi connectivity index (χ4v) is 2.64. The summed E-state index contributed by atoms with van der Waals surface area (Å²) in [5.74, 6) is 5.12. The lowest BCUT2D eigenvalue weighted by molar-refractivity contribution is -0.126. The van der Waals surface area contributed by atoms with Gasteiger partial charge < -0.3 is 0 Å². The summed E-state index contributed by atoms with van der Waals surface area (Å²) in [4.78, 5) is 13.8. The highest BCUT2D eigenvalue weighted by Crippen LogP contribution is 2.19. The number of carbonyl (C=O) groups excluding carboxylic acids is 1. The van der Waals surface area contributed by atoms with Crippen LogP contribution in [0.4, 0.5) is 0 Å². The zero-order valence-electron chi connectivity index (χ0n) is 10.2. The number of rotatable bonds is 3. The van der Waals surface area contributed by atoms with Crippen LogP contribution in [0.15, 0.2) is 24.3 Å². The molecule has 1 aromatic carbocycles. The highest BCUT2D eigenvalue weighted by atomic mass is 35.5. The Morgan fingerprint density at radius 3 is 3.11 bits per heavy atom. The molecule has 0 unspecified atom stereocenters. The Bertz CT molecular complexity index is 424. The van der Waals surface area contributed by atoms with E-state index in [1.165, 1.54) is 5.56 Å². The number of hydrogen-bond donors (Lipinski definition) is 2. The van der Waals surface area contributed by atoms with E-state index in [1.54, 1.807) is 0 Å². The number of benzene rings is 1. The quantitative estimate of drug-likeness (QED) is 0.496. The van der Waals surface area contributed by atoms with Gasteiger partial charge in [0.05, 0.1) is 5.92 Å². The van der Waals surface area contributed by atoms with E-state index in [0.29, 0.717) is 0 Å². The molecule has 18 heavy (non-hydrogen) atoms. The van der Waals surface area contributed by atoms with Crippen LogP contribution in [0.2, 0.25) is 5.02 Å². The zero-order valence-corrected chi connectivity index (χ0v) is 11.0. The normalized spacial score (nSPS) is 20.7. The van der Waals surface area contributed by atoms with Gasteiger partial charge in [-0.1, -0.05) is 23.7 Å². The van der Waals surface area contributed by atoms with Crippen LogP contribution in [0.1, 0.15) is 18.4 Å². The molecule has 3 N–H and O–H groups in total. The molecule has 4 nitrogen and oxygen atoms in total. The van der Waals surface area contributed by atoms with Gasteiger partial charge >= 0.3 is 0 Å². The lowest BCUT2D eigenvalue weighted by atomic mass is 9.97. The maximum atomic E-state index is 11.5. The smallest absolute Gasteiger partial charge is 0.238 e. The molecule has 0 bridgehead atoms. The Morgan fingerprint density at radius 2 is 2.39 bits per heavy atom. The minimum absolute atomic E-state index is 0.00272. The van der Waals surface area contributed by atoms with Crippen molar-refractivity contribution >= 4 is 17.5 Å².